The van der Waals surface area contributed by atoms with Gasteiger partial charge in [-0.25, -0.2) is 4.39 Å². The number of rotatable bonds is 2. The van der Waals surface area contributed by atoms with Crippen LogP contribution in [0.1, 0.15) is 44.1 Å². The van der Waals surface area contributed by atoms with Crippen LogP contribution in [0.3, 0.4) is 0 Å². The second kappa shape index (κ2) is 6.19. The maximum absolute atomic E-state index is 14.0. The fraction of sp³-hybridized carbons (Fsp3) is 0.368. The fourth-order valence-electron chi connectivity index (χ4n) is 3.45. The van der Waals surface area contributed by atoms with Crippen molar-refractivity contribution in [3.8, 4) is 0 Å². The highest BCUT2D eigenvalue weighted by atomic mass is 35.5. The van der Waals surface area contributed by atoms with Crippen molar-refractivity contribution < 1.29 is 4.39 Å². The van der Waals surface area contributed by atoms with Crippen LogP contribution in [0.25, 0.3) is 10.8 Å². The van der Waals surface area contributed by atoms with Crippen LogP contribution in [0, 0.1) is 11.7 Å². The number of allylic oxidation sites excluding steroid dienone is 2. The van der Waals surface area contributed by atoms with Gasteiger partial charge in [0.2, 0.25) is 0 Å². The molecule has 3 rings (SSSR count). The van der Waals surface area contributed by atoms with Gasteiger partial charge in [-0.15, -0.1) is 0 Å². The third-order valence-electron chi connectivity index (χ3n) is 4.64. The molecule has 0 N–H and O–H groups in total. The summed E-state index contributed by atoms with van der Waals surface area (Å²) in [7, 11) is 0. The van der Waals surface area contributed by atoms with E-state index in [1.54, 1.807) is 6.07 Å². The molecule has 0 saturated heterocycles. The molecule has 0 nitrogen and oxygen atoms in total. The van der Waals surface area contributed by atoms with Crippen molar-refractivity contribution in [2.45, 2.75) is 38.5 Å². The topological polar surface area (TPSA) is 0 Å². The largest absolute Gasteiger partial charge is 0.205 e. The molecular weight excluding hydrogens is 283 g/mol. The minimum Gasteiger partial charge on any atom is -0.205 e. The lowest BCUT2D eigenvalue weighted by Gasteiger charge is -2.27. The summed E-state index contributed by atoms with van der Waals surface area (Å²) in [5, 5.41) is 1.76. The maximum atomic E-state index is 14.0. The van der Waals surface area contributed by atoms with Crippen molar-refractivity contribution in [1.82, 2.24) is 0 Å². The molecule has 21 heavy (non-hydrogen) atoms. The molecule has 1 aliphatic rings. The SMILES string of the molecule is C/C=C/C1CCC(c2ccc3c(F)c(Cl)ccc3c2)CC1. The predicted molar refractivity (Wildman–Crippen MR) is 88.4 cm³/mol. The molecule has 0 aliphatic heterocycles. The van der Waals surface area contributed by atoms with Crippen LogP contribution in [-0.4, -0.2) is 0 Å². The summed E-state index contributed by atoms with van der Waals surface area (Å²) < 4.78 is 14.0. The molecule has 1 fully saturated rings. The van der Waals surface area contributed by atoms with Gasteiger partial charge < -0.3 is 0 Å². The van der Waals surface area contributed by atoms with E-state index in [4.69, 9.17) is 11.6 Å². The van der Waals surface area contributed by atoms with Gasteiger partial charge in [0, 0.05) is 5.39 Å². The van der Waals surface area contributed by atoms with E-state index in [2.05, 4.69) is 31.2 Å². The Kier molecular flexibility index (Phi) is 4.30. The summed E-state index contributed by atoms with van der Waals surface area (Å²) in [5.74, 6) is 1.04. The molecule has 1 saturated carbocycles. The molecule has 0 unspecified atom stereocenters. The first-order valence-electron chi connectivity index (χ1n) is 7.69. The van der Waals surface area contributed by atoms with Crippen molar-refractivity contribution in [2.24, 2.45) is 5.92 Å². The van der Waals surface area contributed by atoms with E-state index in [-0.39, 0.29) is 10.8 Å². The Labute approximate surface area is 130 Å². The molecule has 110 valence electrons. The number of fused-ring (bicyclic) bond motifs is 1. The van der Waals surface area contributed by atoms with E-state index in [1.807, 2.05) is 12.1 Å². The van der Waals surface area contributed by atoms with Gasteiger partial charge in [0.05, 0.1) is 5.02 Å². The standard InChI is InChI=1S/C19H20ClF/c1-2-3-13-4-6-14(7-5-13)15-8-10-17-16(12-15)9-11-18(20)19(17)21/h2-3,8-14H,4-7H2,1H3/b3-2+. The molecule has 1 aliphatic carbocycles. The fourth-order valence-corrected chi connectivity index (χ4v) is 3.62. The van der Waals surface area contributed by atoms with Crippen LogP contribution in [0.4, 0.5) is 4.39 Å². The quantitative estimate of drug-likeness (QED) is 0.557. The minimum absolute atomic E-state index is 0.196. The Hall–Kier alpha value is -1.34. The zero-order chi connectivity index (χ0) is 14.8. The third kappa shape index (κ3) is 2.98. The third-order valence-corrected chi connectivity index (χ3v) is 4.93. The first kappa shape index (κ1) is 14.6. The van der Waals surface area contributed by atoms with Gasteiger partial charge in [0.25, 0.3) is 0 Å². The highest BCUT2D eigenvalue weighted by Gasteiger charge is 2.21. The Morgan fingerprint density at radius 2 is 1.86 bits per heavy atom. The molecule has 0 spiro atoms. The second-order valence-corrected chi connectivity index (χ2v) is 6.39. The number of hydrogen-bond donors (Lipinski definition) is 0. The highest BCUT2D eigenvalue weighted by molar-refractivity contribution is 6.31. The first-order chi connectivity index (χ1) is 10.2. The molecular formula is C19H20ClF. The van der Waals surface area contributed by atoms with E-state index in [1.165, 1.54) is 31.2 Å². The smallest absolute Gasteiger partial charge is 0.149 e. The van der Waals surface area contributed by atoms with Crippen molar-refractivity contribution in [1.29, 1.82) is 0 Å². The summed E-state index contributed by atoms with van der Waals surface area (Å²) >= 11 is 5.84. The Morgan fingerprint density at radius 3 is 2.57 bits per heavy atom. The molecule has 2 aromatic rings. The second-order valence-electron chi connectivity index (χ2n) is 5.98. The average molecular weight is 303 g/mol. The zero-order valence-corrected chi connectivity index (χ0v) is 13.0. The zero-order valence-electron chi connectivity index (χ0n) is 12.3. The van der Waals surface area contributed by atoms with Gasteiger partial charge in [-0.1, -0.05) is 48.0 Å². The van der Waals surface area contributed by atoms with Crippen LogP contribution in [0.2, 0.25) is 5.02 Å². The summed E-state index contributed by atoms with van der Waals surface area (Å²) in [4.78, 5) is 0. The molecule has 0 amide bonds. The minimum atomic E-state index is -0.308. The number of hydrogen-bond acceptors (Lipinski definition) is 0. The molecule has 2 aromatic carbocycles. The molecule has 2 heteroatoms. The summed E-state index contributed by atoms with van der Waals surface area (Å²) in [6.45, 7) is 2.09. The van der Waals surface area contributed by atoms with Gasteiger partial charge in [0.15, 0.2) is 0 Å². The van der Waals surface area contributed by atoms with Crippen molar-refractivity contribution in [3.63, 3.8) is 0 Å². The summed E-state index contributed by atoms with van der Waals surface area (Å²) in [6, 6.07) is 9.64. The van der Waals surface area contributed by atoms with Crippen LogP contribution in [0.5, 0.6) is 0 Å². The van der Waals surface area contributed by atoms with Gasteiger partial charge in [0.1, 0.15) is 5.82 Å². The van der Waals surface area contributed by atoms with Gasteiger partial charge in [-0.05, 0) is 61.5 Å². The monoisotopic (exact) mass is 302 g/mol. The van der Waals surface area contributed by atoms with Crippen LogP contribution >= 0.6 is 11.6 Å². The Bertz CT molecular complexity index is 667. The lowest BCUT2D eigenvalue weighted by atomic mass is 9.78. The summed E-state index contributed by atoms with van der Waals surface area (Å²) in [6.07, 6.45) is 9.43. The van der Waals surface area contributed by atoms with Crippen LogP contribution in [-0.2, 0) is 0 Å². The number of halogens is 2. The highest BCUT2D eigenvalue weighted by Crippen LogP contribution is 2.37. The van der Waals surface area contributed by atoms with Gasteiger partial charge in [-0.2, -0.15) is 0 Å². The molecule has 0 bridgehead atoms. The maximum Gasteiger partial charge on any atom is 0.149 e. The normalized spacial score (nSPS) is 23.0. The Morgan fingerprint density at radius 1 is 1.10 bits per heavy atom. The van der Waals surface area contributed by atoms with Crippen LogP contribution in [0.15, 0.2) is 42.5 Å². The van der Waals surface area contributed by atoms with Crippen molar-refractivity contribution in [2.75, 3.05) is 0 Å². The first-order valence-corrected chi connectivity index (χ1v) is 8.07. The van der Waals surface area contributed by atoms with E-state index >= 15 is 0 Å². The average Bonchev–Trinajstić information content (AvgIpc) is 2.52. The molecule has 0 aromatic heterocycles. The van der Waals surface area contributed by atoms with E-state index < -0.39 is 0 Å². The van der Waals surface area contributed by atoms with Crippen molar-refractivity contribution >= 4 is 22.4 Å². The van der Waals surface area contributed by atoms with Gasteiger partial charge in [-0.3, -0.25) is 0 Å². The lowest BCUT2D eigenvalue weighted by molar-refractivity contribution is 0.376. The molecule has 0 radical (unpaired) electrons. The number of benzene rings is 2. The van der Waals surface area contributed by atoms with Crippen molar-refractivity contribution in [3.05, 3.63) is 58.9 Å². The Balaban J connectivity index is 1.84. The predicted octanol–water partition coefficient (Wildman–Crippen LogP) is 6.48. The van der Waals surface area contributed by atoms with E-state index in [9.17, 15) is 4.39 Å². The van der Waals surface area contributed by atoms with Crippen LogP contribution < -0.4 is 0 Å². The van der Waals surface area contributed by atoms with E-state index in [0.29, 0.717) is 11.3 Å². The summed E-state index contributed by atoms with van der Waals surface area (Å²) in [5.41, 5.74) is 1.34. The molecule has 0 atom stereocenters. The van der Waals surface area contributed by atoms with Gasteiger partial charge >= 0.3 is 0 Å². The molecule has 0 heterocycles. The van der Waals surface area contributed by atoms with E-state index in [0.717, 1.165) is 11.3 Å². The lowest BCUT2D eigenvalue weighted by Crippen LogP contribution is -2.11.